The number of nitrogens with zero attached hydrogens (tertiary/aromatic N) is 3. The first-order valence-electron chi connectivity index (χ1n) is 6.12. The van der Waals surface area contributed by atoms with Crippen LogP contribution in [0.25, 0.3) is 17.1 Å². The van der Waals surface area contributed by atoms with Crippen LogP contribution in [0.4, 0.5) is 4.39 Å². The summed E-state index contributed by atoms with van der Waals surface area (Å²) >= 11 is 5.91. The molecule has 1 aromatic heterocycles. The Kier molecular flexibility index (Phi) is 3.48. The maximum Gasteiger partial charge on any atom is 0.171 e. The largest absolute Gasteiger partial charge is 0.278 e. The zero-order valence-electron chi connectivity index (χ0n) is 10.5. The Morgan fingerprint density at radius 3 is 2.35 bits per heavy atom. The summed E-state index contributed by atoms with van der Waals surface area (Å²) in [5, 5.41) is 8.13. The van der Waals surface area contributed by atoms with Crippen molar-refractivity contribution in [2.45, 2.75) is 5.88 Å². The summed E-state index contributed by atoms with van der Waals surface area (Å²) in [7, 11) is 0. The van der Waals surface area contributed by atoms with E-state index >= 15 is 0 Å². The van der Waals surface area contributed by atoms with Crippen molar-refractivity contribution in [3.63, 3.8) is 0 Å². The van der Waals surface area contributed by atoms with E-state index in [1.807, 2.05) is 30.3 Å². The average Bonchev–Trinajstić information content (AvgIpc) is 2.92. The fourth-order valence-corrected chi connectivity index (χ4v) is 2.24. The molecule has 0 spiro atoms. The number of hydrogen-bond donors (Lipinski definition) is 0. The van der Waals surface area contributed by atoms with Gasteiger partial charge in [0.05, 0.1) is 11.4 Å². The van der Waals surface area contributed by atoms with E-state index in [1.165, 1.54) is 6.07 Å². The molecular weight excluding hydrogens is 277 g/mol. The van der Waals surface area contributed by atoms with Crippen LogP contribution in [0.5, 0.6) is 0 Å². The van der Waals surface area contributed by atoms with E-state index in [0.29, 0.717) is 17.2 Å². The van der Waals surface area contributed by atoms with E-state index in [4.69, 9.17) is 11.6 Å². The van der Waals surface area contributed by atoms with Gasteiger partial charge in [-0.05, 0) is 24.3 Å². The van der Waals surface area contributed by atoms with Crippen molar-refractivity contribution in [1.82, 2.24) is 14.8 Å². The Balaban J connectivity index is 2.24. The van der Waals surface area contributed by atoms with Crippen molar-refractivity contribution in [3.8, 4) is 17.1 Å². The minimum absolute atomic E-state index is 0.205. The first-order valence-corrected chi connectivity index (χ1v) is 6.65. The molecule has 3 aromatic rings. The van der Waals surface area contributed by atoms with Crippen molar-refractivity contribution in [2.75, 3.05) is 0 Å². The lowest BCUT2D eigenvalue weighted by atomic mass is 10.2. The highest BCUT2D eigenvalue weighted by molar-refractivity contribution is 6.16. The van der Waals surface area contributed by atoms with E-state index in [2.05, 4.69) is 10.2 Å². The van der Waals surface area contributed by atoms with Gasteiger partial charge in [0.15, 0.2) is 11.6 Å². The van der Waals surface area contributed by atoms with Gasteiger partial charge in [0.1, 0.15) is 5.82 Å². The van der Waals surface area contributed by atoms with Gasteiger partial charge in [-0.25, -0.2) is 4.39 Å². The summed E-state index contributed by atoms with van der Waals surface area (Å²) in [6, 6.07) is 16.0. The van der Waals surface area contributed by atoms with Gasteiger partial charge in [0, 0.05) is 5.69 Å². The molecule has 0 aliphatic heterocycles. The molecule has 0 amide bonds. The summed E-state index contributed by atoms with van der Waals surface area (Å²) in [4.78, 5) is 0. The smallest absolute Gasteiger partial charge is 0.171 e. The van der Waals surface area contributed by atoms with E-state index < -0.39 is 0 Å². The molecular formula is C15H11ClFN3. The van der Waals surface area contributed by atoms with Gasteiger partial charge in [0.25, 0.3) is 0 Å². The SMILES string of the molecule is Fc1ccccc1-c1nnc(CCl)n1-c1ccccc1. The second-order valence-electron chi connectivity index (χ2n) is 4.22. The molecule has 0 aliphatic carbocycles. The monoisotopic (exact) mass is 287 g/mol. The molecule has 0 bridgehead atoms. The molecule has 0 unspecified atom stereocenters. The van der Waals surface area contributed by atoms with E-state index in [0.717, 1.165) is 5.69 Å². The quantitative estimate of drug-likeness (QED) is 0.686. The number of hydrogen-bond acceptors (Lipinski definition) is 2. The molecule has 0 aliphatic rings. The van der Waals surface area contributed by atoms with Gasteiger partial charge in [-0.15, -0.1) is 21.8 Å². The molecule has 0 atom stereocenters. The highest BCUT2D eigenvalue weighted by Crippen LogP contribution is 2.25. The second-order valence-corrected chi connectivity index (χ2v) is 4.49. The van der Waals surface area contributed by atoms with E-state index in [9.17, 15) is 4.39 Å². The third kappa shape index (κ3) is 2.18. The predicted octanol–water partition coefficient (Wildman–Crippen LogP) is 3.81. The third-order valence-electron chi connectivity index (χ3n) is 2.98. The van der Waals surface area contributed by atoms with Gasteiger partial charge < -0.3 is 0 Å². The molecule has 2 aromatic carbocycles. The summed E-state index contributed by atoms with van der Waals surface area (Å²) in [6.07, 6.45) is 0. The lowest BCUT2D eigenvalue weighted by Crippen LogP contribution is -2.02. The summed E-state index contributed by atoms with van der Waals surface area (Å²) in [5.74, 6) is 0.898. The number of rotatable bonds is 3. The van der Waals surface area contributed by atoms with Crippen LogP contribution in [0.3, 0.4) is 0 Å². The second kappa shape index (κ2) is 5.43. The zero-order valence-corrected chi connectivity index (χ0v) is 11.3. The molecule has 0 radical (unpaired) electrons. The fourth-order valence-electron chi connectivity index (χ4n) is 2.07. The van der Waals surface area contributed by atoms with Crippen molar-refractivity contribution < 1.29 is 4.39 Å². The van der Waals surface area contributed by atoms with Gasteiger partial charge in [-0.2, -0.15) is 0 Å². The van der Waals surface area contributed by atoms with Crippen LogP contribution in [0, 0.1) is 5.82 Å². The molecule has 0 fully saturated rings. The lowest BCUT2D eigenvalue weighted by Gasteiger charge is -2.09. The Bertz CT molecular complexity index is 725. The minimum atomic E-state index is -0.335. The molecule has 1 heterocycles. The van der Waals surface area contributed by atoms with Crippen molar-refractivity contribution in [2.24, 2.45) is 0 Å². The van der Waals surface area contributed by atoms with Gasteiger partial charge >= 0.3 is 0 Å². The fraction of sp³-hybridized carbons (Fsp3) is 0.0667. The first kappa shape index (κ1) is 12.8. The summed E-state index contributed by atoms with van der Waals surface area (Å²) in [6.45, 7) is 0. The van der Waals surface area contributed by atoms with Crippen LogP contribution in [-0.2, 0) is 5.88 Å². The van der Waals surface area contributed by atoms with E-state index in [-0.39, 0.29) is 11.7 Å². The average molecular weight is 288 g/mol. The Hall–Kier alpha value is -2.20. The first-order chi connectivity index (χ1) is 9.81. The maximum absolute atomic E-state index is 14.0. The number of para-hydroxylation sites is 1. The third-order valence-corrected chi connectivity index (χ3v) is 3.22. The topological polar surface area (TPSA) is 30.7 Å². The van der Waals surface area contributed by atoms with Crippen molar-refractivity contribution in [1.29, 1.82) is 0 Å². The van der Waals surface area contributed by atoms with Crippen LogP contribution < -0.4 is 0 Å². The molecule has 0 N–H and O–H groups in total. The number of aromatic nitrogens is 3. The number of halogens is 2. The highest BCUT2D eigenvalue weighted by atomic mass is 35.5. The Morgan fingerprint density at radius 1 is 0.950 bits per heavy atom. The lowest BCUT2D eigenvalue weighted by molar-refractivity contribution is 0.629. The molecule has 3 nitrogen and oxygen atoms in total. The van der Waals surface area contributed by atoms with Gasteiger partial charge in [0.2, 0.25) is 0 Å². The molecule has 3 rings (SSSR count). The molecule has 0 saturated carbocycles. The van der Waals surface area contributed by atoms with Crippen LogP contribution in [-0.4, -0.2) is 14.8 Å². The Morgan fingerprint density at radius 2 is 1.65 bits per heavy atom. The maximum atomic E-state index is 14.0. The van der Waals surface area contributed by atoms with Crippen molar-refractivity contribution in [3.05, 3.63) is 66.2 Å². The molecule has 100 valence electrons. The molecule has 20 heavy (non-hydrogen) atoms. The molecule has 5 heteroatoms. The summed E-state index contributed by atoms with van der Waals surface area (Å²) in [5.41, 5.74) is 1.26. The number of alkyl halides is 1. The van der Waals surface area contributed by atoms with Gasteiger partial charge in [-0.1, -0.05) is 30.3 Å². The number of benzene rings is 2. The molecule has 0 saturated heterocycles. The minimum Gasteiger partial charge on any atom is -0.278 e. The normalized spacial score (nSPS) is 10.7. The Labute approximate surface area is 120 Å². The summed E-state index contributed by atoms with van der Waals surface area (Å²) < 4.78 is 15.7. The predicted molar refractivity (Wildman–Crippen MR) is 76.3 cm³/mol. The standard InChI is InChI=1S/C15H11ClFN3/c16-10-14-18-19-15(12-8-4-5-9-13(12)17)20(14)11-6-2-1-3-7-11/h1-9H,10H2. The van der Waals surface area contributed by atoms with E-state index in [1.54, 1.807) is 22.8 Å². The van der Waals surface area contributed by atoms with Crippen LogP contribution in [0.15, 0.2) is 54.6 Å². The van der Waals surface area contributed by atoms with Crippen molar-refractivity contribution >= 4 is 11.6 Å². The highest BCUT2D eigenvalue weighted by Gasteiger charge is 2.17. The van der Waals surface area contributed by atoms with Gasteiger partial charge in [-0.3, -0.25) is 4.57 Å². The van der Waals surface area contributed by atoms with Crippen LogP contribution >= 0.6 is 11.6 Å². The zero-order chi connectivity index (χ0) is 13.9. The van der Waals surface area contributed by atoms with Crippen LogP contribution in [0.2, 0.25) is 0 Å². The van der Waals surface area contributed by atoms with Crippen LogP contribution in [0.1, 0.15) is 5.82 Å².